The molecule has 7 heteroatoms. The van der Waals surface area contributed by atoms with Gasteiger partial charge in [0.2, 0.25) is 5.91 Å². The first-order valence-corrected chi connectivity index (χ1v) is 5.37. The Morgan fingerprint density at radius 3 is 2.46 bits per heavy atom. The number of carbonyl (C=O) groups is 1. The number of rotatable bonds is 5. The number of hydrogen-bond acceptors (Lipinski definition) is 4. The fraction of sp³-hybridized carbons (Fsp3) is 0.833. The van der Waals surface area contributed by atoms with Crippen LogP contribution in [0.25, 0.3) is 0 Å². The topological polar surface area (TPSA) is 109 Å². The van der Waals surface area contributed by atoms with Gasteiger partial charge in [-0.2, -0.15) is 8.42 Å². The van der Waals surface area contributed by atoms with E-state index in [0.717, 1.165) is 0 Å². The molecule has 1 atom stereocenters. The van der Waals surface area contributed by atoms with Crippen molar-refractivity contribution in [1.82, 2.24) is 5.32 Å². The van der Waals surface area contributed by atoms with Crippen LogP contribution in [0.4, 0.5) is 0 Å². The van der Waals surface area contributed by atoms with Gasteiger partial charge in [-0.25, -0.2) is 0 Å². The molecule has 13 heavy (non-hydrogen) atoms. The Hall–Kier alpha value is -0.660. The van der Waals surface area contributed by atoms with E-state index in [0.29, 0.717) is 13.0 Å². The van der Waals surface area contributed by atoms with E-state index in [1.807, 2.05) is 6.92 Å². The predicted molar refractivity (Wildman–Crippen MR) is 47.7 cm³/mol. The van der Waals surface area contributed by atoms with E-state index in [4.69, 9.17) is 10.3 Å². The van der Waals surface area contributed by atoms with Gasteiger partial charge in [0.15, 0.2) is 5.25 Å². The Morgan fingerprint density at radius 1 is 1.62 bits per heavy atom. The fourth-order valence-corrected chi connectivity index (χ4v) is 1.32. The zero-order chi connectivity index (χ0) is 10.5. The highest BCUT2D eigenvalue weighted by Gasteiger charge is 2.28. The molecule has 4 N–H and O–H groups in total. The number of amides is 1. The summed E-state index contributed by atoms with van der Waals surface area (Å²) in [7, 11) is -4.38. The maximum Gasteiger partial charge on any atom is 0.278 e. The lowest BCUT2D eigenvalue weighted by molar-refractivity contribution is -0.120. The van der Waals surface area contributed by atoms with Crippen molar-refractivity contribution in [3.8, 4) is 0 Å². The zero-order valence-corrected chi connectivity index (χ0v) is 8.17. The third-order valence-electron chi connectivity index (χ3n) is 1.42. The highest BCUT2D eigenvalue weighted by molar-refractivity contribution is 7.87. The van der Waals surface area contributed by atoms with Crippen LogP contribution in [0.2, 0.25) is 0 Å². The smallest absolute Gasteiger partial charge is 0.278 e. The molecule has 0 heterocycles. The van der Waals surface area contributed by atoms with Crippen LogP contribution < -0.4 is 11.1 Å². The Labute approximate surface area is 77.2 Å². The average molecular weight is 210 g/mol. The summed E-state index contributed by atoms with van der Waals surface area (Å²) >= 11 is 0. The molecule has 0 aromatic heterocycles. The molecule has 0 bridgehead atoms. The SMILES string of the molecule is CCCNC(=O)C(CN)S(=O)(=O)O. The first-order valence-electron chi connectivity index (χ1n) is 3.87. The van der Waals surface area contributed by atoms with Crippen LogP contribution in [0.1, 0.15) is 13.3 Å². The van der Waals surface area contributed by atoms with Crippen molar-refractivity contribution in [2.45, 2.75) is 18.6 Å². The molecular formula is C6H14N2O4S. The number of nitrogens with one attached hydrogen (secondary N) is 1. The molecule has 78 valence electrons. The molecule has 0 aliphatic carbocycles. The molecule has 0 aromatic carbocycles. The molecule has 0 fully saturated rings. The molecule has 0 saturated carbocycles. The standard InChI is InChI=1S/C6H14N2O4S/c1-2-3-8-6(9)5(4-7)13(10,11)12/h5H,2-4,7H2,1H3,(H,8,9)(H,10,11,12). The molecule has 0 aromatic rings. The van der Waals surface area contributed by atoms with Gasteiger partial charge in [-0.05, 0) is 6.42 Å². The van der Waals surface area contributed by atoms with E-state index < -0.39 is 27.8 Å². The van der Waals surface area contributed by atoms with Crippen LogP contribution >= 0.6 is 0 Å². The lowest BCUT2D eigenvalue weighted by Gasteiger charge is -2.10. The molecule has 1 amide bonds. The monoisotopic (exact) mass is 210 g/mol. The fourth-order valence-electron chi connectivity index (χ4n) is 0.726. The minimum absolute atomic E-state index is 0.366. The molecule has 0 radical (unpaired) electrons. The van der Waals surface area contributed by atoms with E-state index in [-0.39, 0.29) is 0 Å². The maximum atomic E-state index is 11.0. The van der Waals surface area contributed by atoms with Gasteiger partial charge in [-0.1, -0.05) is 6.92 Å². The van der Waals surface area contributed by atoms with Gasteiger partial charge in [-0.3, -0.25) is 9.35 Å². The first kappa shape index (κ1) is 12.3. The van der Waals surface area contributed by atoms with Gasteiger partial charge in [0.05, 0.1) is 0 Å². The zero-order valence-electron chi connectivity index (χ0n) is 7.36. The largest absolute Gasteiger partial charge is 0.355 e. The van der Waals surface area contributed by atoms with Crippen molar-refractivity contribution < 1.29 is 17.8 Å². The summed E-state index contributed by atoms with van der Waals surface area (Å²) in [5.41, 5.74) is 5.03. The summed E-state index contributed by atoms with van der Waals surface area (Å²) in [6.07, 6.45) is 0.689. The maximum absolute atomic E-state index is 11.0. The summed E-state index contributed by atoms with van der Waals surface area (Å²) < 4.78 is 29.7. The number of carbonyl (C=O) groups excluding carboxylic acids is 1. The number of nitrogens with two attached hydrogens (primary N) is 1. The van der Waals surface area contributed by atoms with E-state index in [2.05, 4.69) is 5.32 Å². The van der Waals surface area contributed by atoms with Crippen molar-refractivity contribution in [1.29, 1.82) is 0 Å². The van der Waals surface area contributed by atoms with Crippen LogP contribution in [0, 0.1) is 0 Å². The van der Waals surface area contributed by atoms with Crippen molar-refractivity contribution in [2.24, 2.45) is 5.73 Å². The van der Waals surface area contributed by atoms with E-state index in [1.165, 1.54) is 0 Å². The number of hydrogen-bond donors (Lipinski definition) is 3. The Kier molecular flexibility index (Phi) is 4.89. The summed E-state index contributed by atoms with van der Waals surface area (Å²) in [6.45, 7) is 1.77. The minimum atomic E-state index is -4.38. The summed E-state index contributed by atoms with van der Waals surface area (Å²) in [4.78, 5) is 11.0. The molecule has 0 rings (SSSR count). The second kappa shape index (κ2) is 5.15. The van der Waals surface area contributed by atoms with E-state index in [1.54, 1.807) is 0 Å². The quantitative estimate of drug-likeness (QED) is 0.490. The molecule has 0 spiro atoms. The Balaban J connectivity index is 4.34. The van der Waals surface area contributed by atoms with Crippen LogP contribution in [0.5, 0.6) is 0 Å². The predicted octanol–water partition coefficient (Wildman–Crippen LogP) is -1.27. The summed E-state index contributed by atoms with van der Waals surface area (Å²) in [5, 5.41) is 0.775. The van der Waals surface area contributed by atoms with E-state index >= 15 is 0 Å². The van der Waals surface area contributed by atoms with Gasteiger partial charge in [0.25, 0.3) is 10.1 Å². The van der Waals surface area contributed by atoms with Crippen LogP contribution in [-0.4, -0.2) is 37.2 Å². The molecule has 0 saturated heterocycles. The van der Waals surface area contributed by atoms with Gasteiger partial charge in [0, 0.05) is 13.1 Å². The van der Waals surface area contributed by atoms with Crippen molar-refractivity contribution >= 4 is 16.0 Å². The first-order chi connectivity index (χ1) is 5.93. The molecule has 1 unspecified atom stereocenters. The lowest BCUT2D eigenvalue weighted by atomic mass is 10.4. The van der Waals surface area contributed by atoms with Gasteiger partial charge < -0.3 is 11.1 Å². The van der Waals surface area contributed by atoms with Gasteiger partial charge in [-0.15, -0.1) is 0 Å². The van der Waals surface area contributed by atoms with Crippen LogP contribution in [0.3, 0.4) is 0 Å². The molecule has 0 aliphatic rings. The summed E-state index contributed by atoms with van der Waals surface area (Å²) in [5.74, 6) is -0.758. The van der Waals surface area contributed by atoms with Crippen LogP contribution in [-0.2, 0) is 14.9 Å². The van der Waals surface area contributed by atoms with Gasteiger partial charge in [0.1, 0.15) is 0 Å². The van der Waals surface area contributed by atoms with E-state index in [9.17, 15) is 13.2 Å². The highest BCUT2D eigenvalue weighted by Crippen LogP contribution is 1.96. The van der Waals surface area contributed by atoms with Crippen LogP contribution in [0.15, 0.2) is 0 Å². The molecular weight excluding hydrogens is 196 g/mol. The highest BCUT2D eigenvalue weighted by atomic mass is 32.2. The normalized spacial score (nSPS) is 13.8. The third kappa shape index (κ3) is 4.20. The lowest BCUT2D eigenvalue weighted by Crippen LogP contribution is -2.44. The summed E-state index contributed by atoms with van der Waals surface area (Å²) in [6, 6.07) is 0. The van der Waals surface area contributed by atoms with Crippen molar-refractivity contribution in [3.05, 3.63) is 0 Å². The Morgan fingerprint density at radius 2 is 2.15 bits per heavy atom. The average Bonchev–Trinajstić information content (AvgIpc) is 1.99. The van der Waals surface area contributed by atoms with Crippen molar-refractivity contribution in [2.75, 3.05) is 13.1 Å². The minimum Gasteiger partial charge on any atom is -0.355 e. The third-order valence-corrected chi connectivity index (χ3v) is 2.54. The van der Waals surface area contributed by atoms with Crippen molar-refractivity contribution in [3.63, 3.8) is 0 Å². The second-order valence-corrected chi connectivity index (χ2v) is 4.13. The molecule has 6 nitrogen and oxygen atoms in total. The molecule has 0 aliphatic heterocycles. The Bertz CT molecular complexity index is 262. The van der Waals surface area contributed by atoms with Gasteiger partial charge >= 0.3 is 0 Å². The second-order valence-electron chi connectivity index (χ2n) is 2.53.